The molecule has 6 heteroatoms. The molecule has 1 aliphatic rings. The van der Waals surface area contributed by atoms with Gasteiger partial charge < -0.3 is 9.16 Å². The third-order valence-electron chi connectivity index (χ3n) is 6.38. The summed E-state index contributed by atoms with van der Waals surface area (Å²) in [5, 5.41) is 0.922. The van der Waals surface area contributed by atoms with Gasteiger partial charge in [-0.2, -0.15) is 0 Å². The Morgan fingerprint density at radius 3 is 2.29 bits per heavy atom. The molecule has 0 radical (unpaired) electrons. The highest BCUT2D eigenvalue weighted by Crippen LogP contribution is 2.36. The molecule has 0 spiro atoms. The zero-order chi connectivity index (χ0) is 23.0. The summed E-state index contributed by atoms with van der Waals surface area (Å²) < 4.78 is 39.9. The predicted octanol–water partition coefficient (Wildman–Crippen LogP) is 5.53. The summed E-state index contributed by atoms with van der Waals surface area (Å²) in [7, 11) is -1.79. The fourth-order valence-electron chi connectivity index (χ4n) is 3.60. The van der Waals surface area contributed by atoms with Crippen molar-refractivity contribution in [3.05, 3.63) is 63.2 Å². The molecule has 2 aromatic carbocycles. The summed E-state index contributed by atoms with van der Waals surface area (Å²) in [5.41, 5.74) is 3.06. The molecule has 0 N–H and O–H groups in total. The lowest BCUT2D eigenvalue weighted by Crippen LogP contribution is -2.41. The highest BCUT2D eigenvalue weighted by molar-refractivity contribution is 6.74. The summed E-state index contributed by atoms with van der Waals surface area (Å²) >= 11 is 0. The summed E-state index contributed by atoms with van der Waals surface area (Å²) in [4.78, 5) is 4.61. The molecule has 168 valence electrons. The van der Waals surface area contributed by atoms with E-state index in [-0.39, 0.29) is 11.1 Å². The molecule has 31 heavy (non-hydrogen) atoms. The molecule has 0 bridgehead atoms. The van der Waals surface area contributed by atoms with Gasteiger partial charge >= 0.3 is 0 Å². The van der Waals surface area contributed by atoms with E-state index in [4.69, 9.17) is 9.16 Å². The Bertz CT molecular complexity index is 1070. The van der Waals surface area contributed by atoms with Crippen LogP contribution in [0.2, 0.25) is 18.1 Å². The molecular formula is C25H33F2NO2Si. The Morgan fingerprint density at radius 2 is 1.68 bits per heavy atom. The molecule has 0 saturated carbocycles. The van der Waals surface area contributed by atoms with Crippen LogP contribution in [-0.2, 0) is 4.43 Å². The van der Waals surface area contributed by atoms with Gasteiger partial charge in [0.15, 0.2) is 8.32 Å². The van der Waals surface area contributed by atoms with E-state index in [1.165, 1.54) is 6.07 Å². The van der Waals surface area contributed by atoms with Gasteiger partial charge in [0.2, 0.25) is 0 Å². The van der Waals surface area contributed by atoms with Crippen molar-refractivity contribution in [2.24, 2.45) is 4.99 Å². The smallest absolute Gasteiger partial charge is 0.192 e. The molecule has 1 aliphatic heterocycles. The van der Waals surface area contributed by atoms with Crippen molar-refractivity contribution in [2.45, 2.75) is 65.2 Å². The maximum absolute atomic E-state index is 14.0. The first kappa shape index (κ1) is 23.6. The van der Waals surface area contributed by atoms with Crippen LogP contribution < -0.4 is 15.3 Å². The maximum Gasteiger partial charge on any atom is 0.192 e. The van der Waals surface area contributed by atoms with Gasteiger partial charge in [0.1, 0.15) is 24.0 Å². The normalized spacial score (nSPS) is 16.4. The number of fused-ring (bicyclic) bond motifs is 1. The molecule has 1 unspecified atom stereocenters. The number of halogens is 2. The fourth-order valence-corrected chi connectivity index (χ4v) is 4.63. The van der Waals surface area contributed by atoms with Gasteiger partial charge in [-0.15, -0.1) is 0 Å². The van der Waals surface area contributed by atoms with Crippen LogP contribution >= 0.6 is 0 Å². The quantitative estimate of drug-likeness (QED) is 0.433. The van der Waals surface area contributed by atoms with Crippen molar-refractivity contribution in [1.82, 2.24) is 0 Å². The first-order valence-electron chi connectivity index (χ1n) is 10.8. The van der Waals surface area contributed by atoms with Crippen molar-refractivity contribution in [3.63, 3.8) is 0 Å². The van der Waals surface area contributed by atoms with Gasteiger partial charge in [0, 0.05) is 11.3 Å². The number of nitrogens with zero attached hydrogens (tertiary/aromatic N) is 1. The molecule has 1 atom stereocenters. The molecule has 3 rings (SSSR count). The van der Waals surface area contributed by atoms with Crippen LogP contribution in [0.15, 0.2) is 29.3 Å². The topological polar surface area (TPSA) is 30.8 Å². The third-order valence-corrected chi connectivity index (χ3v) is 10.9. The van der Waals surface area contributed by atoms with Crippen LogP contribution in [0.25, 0.3) is 6.08 Å². The summed E-state index contributed by atoms with van der Waals surface area (Å²) in [6, 6.07) is 6.14. The highest BCUT2D eigenvalue weighted by Gasteiger charge is 2.36. The lowest BCUT2D eigenvalue weighted by atomic mass is 9.96. The summed E-state index contributed by atoms with van der Waals surface area (Å²) in [5.74, 6) is -0.307. The molecule has 0 saturated heterocycles. The van der Waals surface area contributed by atoms with Crippen LogP contribution in [0, 0.1) is 25.5 Å². The zero-order valence-corrected chi connectivity index (χ0v) is 20.6. The van der Waals surface area contributed by atoms with E-state index in [9.17, 15) is 8.78 Å². The number of aryl methyl sites for hydroxylation is 2. The van der Waals surface area contributed by atoms with Crippen molar-refractivity contribution in [1.29, 1.82) is 0 Å². The van der Waals surface area contributed by atoms with E-state index in [1.807, 2.05) is 13.8 Å². The summed E-state index contributed by atoms with van der Waals surface area (Å²) in [6.07, 6.45) is 2.38. The number of rotatable bonds is 6. The minimum Gasteiger partial charge on any atom is -0.491 e. The first-order valence-corrected chi connectivity index (χ1v) is 13.7. The average Bonchev–Trinajstić information content (AvgIpc) is 2.65. The second-order valence-corrected chi connectivity index (χ2v) is 14.7. The monoisotopic (exact) mass is 445 g/mol. The molecule has 0 amide bonds. The fraction of sp³-hybridized carbons (Fsp3) is 0.480. The SMILES string of the molecule is Cc1cc(C2CC=c3c(F)cc(F)cc3=N2)cc(C)c1OCCO[Si](C)(C)C(C)(C)C. The molecule has 1 heterocycles. The number of hydrogen-bond donors (Lipinski definition) is 0. The van der Waals surface area contributed by atoms with Gasteiger partial charge in [-0.1, -0.05) is 39.0 Å². The Labute approximate surface area is 184 Å². The van der Waals surface area contributed by atoms with Crippen molar-refractivity contribution in [3.8, 4) is 5.75 Å². The minimum absolute atomic E-state index is 0.165. The van der Waals surface area contributed by atoms with Gasteiger partial charge in [-0.3, -0.25) is 4.99 Å². The van der Waals surface area contributed by atoms with Crippen LogP contribution in [0.5, 0.6) is 5.75 Å². The van der Waals surface area contributed by atoms with Gasteiger partial charge in [-0.05, 0) is 61.2 Å². The first-order chi connectivity index (χ1) is 14.4. The molecule has 3 nitrogen and oxygen atoms in total. The number of ether oxygens (including phenoxy) is 1. The van der Waals surface area contributed by atoms with E-state index in [0.29, 0.717) is 30.2 Å². The van der Waals surface area contributed by atoms with E-state index < -0.39 is 20.0 Å². The lowest BCUT2D eigenvalue weighted by molar-refractivity contribution is 0.202. The van der Waals surface area contributed by atoms with E-state index >= 15 is 0 Å². The van der Waals surface area contributed by atoms with Crippen LogP contribution in [0.3, 0.4) is 0 Å². The molecule has 2 aromatic rings. The Morgan fingerprint density at radius 1 is 1.03 bits per heavy atom. The van der Waals surface area contributed by atoms with Gasteiger partial charge in [0.05, 0.1) is 18.0 Å². The van der Waals surface area contributed by atoms with Crippen LogP contribution in [0.4, 0.5) is 8.78 Å². The molecule has 0 aliphatic carbocycles. The zero-order valence-electron chi connectivity index (χ0n) is 19.6. The minimum atomic E-state index is -1.79. The average molecular weight is 446 g/mol. The lowest BCUT2D eigenvalue weighted by Gasteiger charge is -2.36. The molecular weight excluding hydrogens is 412 g/mol. The summed E-state index contributed by atoms with van der Waals surface area (Å²) in [6.45, 7) is 16.2. The Hall–Kier alpha value is -2.05. The van der Waals surface area contributed by atoms with E-state index in [0.717, 1.165) is 28.5 Å². The van der Waals surface area contributed by atoms with Gasteiger partial charge in [-0.25, -0.2) is 8.78 Å². The third kappa shape index (κ3) is 5.24. The number of hydrogen-bond acceptors (Lipinski definition) is 3. The highest BCUT2D eigenvalue weighted by atomic mass is 28.4. The Kier molecular flexibility index (Phi) is 6.72. The second kappa shape index (κ2) is 8.83. The molecule has 0 fully saturated rings. The van der Waals surface area contributed by atoms with Crippen molar-refractivity contribution >= 4 is 14.4 Å². The second-order valence-electron chi connectivity index (χ2n) is 9.85. The standard InChI is InChI=1S/C25H33F2NO2Si/c1-16-12-18(22-9-8-20-21(27)14-19(26)15-23(20)28-22)13-17(2)24(16)29-10-11-30-31(6,7)25(3,4)5/h8,12-15,22H,9-11H2,1-7H3. The predicted molar refractivity (Wildman–Crippen MR) is 124 cm³/mol. The van der Waals surface area contributed by atoms with Crippen LogP contribution in [-0.4, -0.2) is 21.5 Å². The maximum atomic E-state index is 14.0. The Balaban J connectivity index is 1.73. The van der Waals surface area contributed by atoms with E-state index in [2.05, 4.69) is 51.0 Å². The van der Waals surface area contributed by atoms with Gasteiger partial charge in [0.25, 0.3) is 0 Å². The number of benzene rings is 2. The van der Waals surface area contributed by atoms with Crippen molar-refractivity contribution < 1.29 is 17.9 Å². The van der Waals surface area contributed by atoms with Crippen molar-refractivity contribution in [2.75, 3.05) is 13.2 Å². The molecule has 0 aromatic heterocycles. The van der Waals surface area contributed by atoms with Crippen LogP contribution in [0.1, 0.15) is 49.9 Å². The largest absolute Gasteiger partial charge is 0.491 e. The van der Waals surface area contributed by atoms with E-state index in [1.54, 1.807) is 6.08 Å².